The molecular formula is C19H24F2O2. The Morgan fingerprint density at radius 3 is 2.30 bits per heavy atom. The molecule has 2 aliphatic carbocycles. The van der Waals surface area contributed by atoms with Crippen LogP contribution in [0.15, 0.2) is 24.3 Å². The van der Waals surface area contributed by atoms with Crippen molar-refractivity contribution in [1.29, 1.82) is 0 Å². The summed E-state index contributed by atoms with van der Waals surface area (Å²) in [4.78, 5) is 0. The smallest absolute Gasteiger partial charge is 0.204 e. The van der Waals surface area contributed by atoms with Crippen LogP contribution in [-0.2, 0) is 0 Å². The van der Waals surface area contributed by atoms with E-state index in [1.54, 1.807) is 0 Å². The van der Waals surface area contributed by atoms with E-state index in [9.17, 15) is 8.78 Å². The lowest BCUT2D eigenvalue weighted by Gasteiger charge is -2.21. The average Bonchev–Trinajstić information content (AvgIpc) is 3.31. The molecule has 23 heavy (non-hydrogen) atoms. The van der Waals surface area contributed by atoms with Gasteiger partial charge in [0.2, 0.25) is 11.6 Å². The summed E-state index contributed by atoms with van der Waals surface area (Å²) in [5.74, 6) is -0.573. The molecule has 0 aliphatic heterocycles. The van der Waals surface area contributed by atoms with Crippen LogP contribution < -0.4 is 9.47 Å². The summed E-state index contributed by atoms with van der Waals surface area (Å²) in [6.07, 6.45) is 12.3. The zero-order valence-corrected chi connectivity index (χ0v) is 13.4. The molecule has 0 unspecified atom stereocenters. The van der Waals surface area contributed by atoms with Crippen LogP contribution >= 0.6 is 0 Å². The van der Waals surface area contributed by atoms with E-state index in [2.05, 4.69) is 6.08 Å². The van der Waals surface area contributed by atoms with Gasteiger partial charge in [0.25, 0.3) is 0 Å². The summed E-state index contributed by atoms with van der Waals surface area (Å²) in [5.41, 5.74) is 0. The van der Waals surface area contributed by atoms with Gasteiger partial charge in [-0.25, -0.2) is 0 Å². The highest BCUT2D eigenvalue weighted by atomic mass is 19.2. The molecule has 0 aromatic heterocycles. The fourth-order valence-corrected chi connectivity index (χ4v) is 2.72. The lowest BCUT2D eigenvalue weighted by molar-refractivity contribution is 0.276. The second kappa shape index (κ2) is 7.80. The summed E-state index contributed by atoms with van der Waals surface area (Å²) >= 11 is 0. The number of rotatable bonds is 9. The van der Waals surface area contributed by atoms with Crippen LogP contribution in [0.1, 0.15) is 44.9 Å². The Hall–Kier alpha value is -1.58. The molecule has 0 amide bonds. The molecule has 2 saturated carbocycles. The topological polar surface area (TPSA) is 18.5 Å². The van der Waals surface area contributed by atoms with Gasteiger partial charge in [0.05, 0.1) is 6.61 Å². The Labute approximate surface area is 136 Å². The monoisotopic (exact) mass is 322 g/mol. The molecule has 0 saturated heterocycles. The first-order valence-corrected chi connectivity index (χ1v) is 8.64. The molecule has 2 fully saturated rings. The molecule has 3 rings (SSSR count). The number of allylic oxidation sites excluding steroid dienone is 1. The Kier molecular flexibility index (Phi) is 5.52. The molecule has 0 heterocycles. The average molecular weight is 322 g/mol. The lowest BCUT2D eigenvalue weighted by Crippen LogP contribution is -2.08. The van der Waals surface area contributed by atoms with Crippen LogP contribution in [0, 0.1) is 23.5 Å². The van der Waals surface area contributed by atoms with Gasteiger partial charge in [-0.15, -0.1) is 0 Å². The van der Waals surface area contributed by atoms with Crippen LogP contribution in [0.4, 0.5) is 8.78 Å². The van der Waals surface area contributed by atoms with E-state index in [1.165, 1.54) is 44.2 Å². The molecule has 0 bridgehead atoms. The Bertz CT molecular complexity index is 549. The first-order chi connectivity index (χ1) is 11.2. The predicted octanol–water partition coefficient (Wildman–Crippen LogP) is 5.27. The second-order valence-corrected chi connectivity index (χ2v) is 6.55. The highest BCUT2D eigenvalue weighted by Crippen LogP contribution is 2.34. The summed E-state index contributed by atoms with van der Waals surface area (Å²) in [5, 5.41) is 0. The normalized spacial score (nSPS) is 18.2. The van der Waals surface area contributed by atoms with E-state index in [1.807, 2.05) is 6.08 Å². The van der Waals surface area contributed by atoms with Crippen molar-refractivity contribution in [3.05, 3.63) is 35.9 Å². The van der Waals surface area contributed by atoms with Gasteiger partial charge in [-0.3, -0.25) is 0 Å². The predicted molar refractivity (Wildman–Crippen MR) is 85.8 cm³/mol. The summed E-state index contributed by atoms with van der Waals surface area (Å²) < 4.78 is 38.6. The molecule has 4 heteroatoms. The minimum absolute atomic E-state index is 0.0318. The maximum absolute atomic E-state index is 14.0. The zero-order valence-electron chi connectivity index (χ0n) is 13.4. The van der Waals surface area contributed by atoms with E-state index < -0.39 is 11.6 Å². The van der Waals surface area contributed by atoms with Crippen molar-refractivity contribution in [2.75, 3.05) is 13.2 Å². The summed E-state index contributed by atoms with van der Waals surface area (Å²) in [6, 6.07) is 2.88. The van der Waals surface area contributed by atoms with Crippen LogP contribution in [0.2, 0.25) is 0 Å². The maximum Gasteiger partial charge on any atom is 0.204 e. The lowest BCUT2D eigenvalue weighted by atomic mass is 9.85. The summed E-state index contributed by atoms with van der Waals surface area (Å²) in [6.45, 7) is 0.686. The summed E-state index contributed by atoms with van der Waals surface area (Å²) in [7, 11) is 0. The van der Waals surface area contributed by atoms with Crippen molar-refractivity contribution in [2.24, 2.45) is 11.8 Å². The van der Waals surface area contributed by atoms with Crippen molar-refractivity contribution in [3.8, 4) is 11.5 Å². The third kappa shape index (κ3) is 4.69. The number of halogens is 2. The van der Waals surface area contributed by atoms with Gasteiger partial charge >= 0.3 is 0 Å². The van der Waals surface area contributed by atoms with E-state index in [-0.39, 0.29) is 18.1 Å². The molecule has 1 aromatic rings. The highest BCUT2D eigenvalue weighted by molar-refractivity contribution is 5.35. The van der Waals surface area contributed by atoms with Crippen LogP contribution in [0.5, 0.6) is 11.5 Å². The third-order valence-electron chi connectivity index (χ3n) is 4.62. The van der Waals surface area contributed by atoms with Crippen molar-refractivity contribution in [2.45, 2.75) is 44.9 Å². The van der Waals surface area contributed by atoms with Gasteiger partial charge in [0, 0.05) is 0 Å². The van der Waals surface area contributed by atoms with Gasteiger partial charge in [-0.05, 0) is 49.7 Å². The molecule has 0 N–H and O–H groups in total. The van der Waals surface area contributed by atoms with Crippen molar-refractivity contribution in [1.82, 2.24) is 0 Å². The van der Waals surface area contributed by atoms with Gasteiger partial charge in [-0.2, -0.15) is 8.78 Å². The molecule has 2 nitrogen and oxygen atoms in total. The molecule has 2 aliphatic rings. The van der Waals surface area contributed by atoms with Crippen molar-refractivity contribution in [3.63, 3.8) is 0 Å². The number of ether oxygens (including phenoxy) is 2. The molecular weight excluding hydrogens is 298 g/mol. The van der Waals surface area contributed by atoms with E-state index in [0.29, 0.717) is 12.5 Å². The van der Waals surface area contributed by atoms with Crippen molar-refractivity contribution >= 4 is 0 Å². The SMILES string of the molecule is Fc1c(OC/C=C/C2CCC2)ccc(OCCCC2CC2)c1F. The second-order valence-electron chi connectivity index (χ2n) is 6.55. The molecule has 126 valence electrons. The third-order valence-corrected chi connectivity index (χ3v) is 4.62. The number of benzene rings is 1. The first-order valence-electron chi connectivity index (χ1n) is 8.64. The Morgan fingerprint density at radius 2 is 1.70 bits per heavy atom. The van der Waals surface area contributed by atoms with Crippen molar-refractivity contribution < 1.29 is 18.3 Å². The quantitative estimate of drug-likeness (QED) is 0.455. The van der Waals surface area contributed by atoms with Gasteiger partial charge in [-0.1, -0.05) is 31.4 Å². The van der Waals surface area contributed by atoms with Crippen LogP contribution in [0.3, 0.4) is 0 Å². The fourth-order valence-electron chi connectivity index (χ4n) is 2.72. The fraction of sp³-hybridized carbons (Fsp3) is 0.579. The Morgan fingerprint density at radius 1 is 1.00 bits per heavy atom. The number of hydrogen-bond acceptors (Lipinski definition) is 2. The maximum atomic E-state index is 14.0. The molecule has 0 radical (unpaired) electrons. The molecule has 1 aromatic carbocycles. The zero-order chi connectivity index (χ0) is 16.1. The van der Waals surface area contributed by atoms with E-state index in [4.69, 9.17) is 9.47 Å². The first kappa shape index (κ1) is 16.3. The van der Waals surface area contributed by atoms with E-state index in [0.717, 1.165) is 18.8 Å². The van der Waals surface area contributed by atoms with Crippen LogP contribution in [-0.4, -0.2) is 13.2 Å². The van der Waals surface area contributed by atoms with Gasteiger partial charge in [0.1, 0.15) is 6.61 Å². The highest BCUT2D eigenvalue weighted by Gasteiger charge is 2.20. The number of hydrogen-bond donors (Lipinski definition) is 0. The van der Waals surface area contributed by atoms with E-state index >= 15 is 0 Å². The minimum Gasteiger partial charge on any atom is -0.490 e. The molecule has 0 spiro atoms. The standard InChI is InChI=1S/C19H24F2O2/c20-18-16(22-12-2-6-14-4-1-5-14)10-11-17(19(18)21)23-13-3-7-15-8-9-15/h2,6,10-11,14-15H,1,3-5,7-9,12-13H2/b6-2+. The van der Waals surface area contributed by atoms with Crippen LogP contribution in [0.25, 0.3) is 0 Å². The largest absolute Gasteiger partial charge is 0.490 e. The minimum atomic E-state index is -0.971. The Balaban J connectivity index is 1.46. The van der Waals surface area contributed by atoms with Gasteiger partial charge < -0.3 is 9.47 Å². The molecule has 0 atom stereocenters. The van der Waals surface area contributed by atoms with Gasteiger partial charge in [0.15, 0.2) is 11.5 Å².